The van der Waals surface area contributed by atoms with Crippen molar-refractivity contribution in [2.45, 2.75) is 6.54 Å². The van der Waals surface area contributed by atoms with Crippen molar-refractivity contribution >= 4 is 5.78 Å². The van der Waals surface area contributed by atoms with Crippen molar-refractivity contribution in [3.05, 3.63) is 84.7 Å². The molecular formula is C18H14BrFN2O. The summed E-state index contributed by atoms with van der Waals surface area (Å²) in [6, 6.07) is 13.4. The molecule has 0 unspecified atom stereocenters. The highest BCUT2D eigenvalue weighted by Gasteiger charge is 2.12. The highest BCUT2D eigenvalue weighted by Crippen LogP contribution is 2.15. The molecule has 0 aliphatic carbocycles. The van der Waals surface area contributed by atoms with Crippen molar-refractivity contribution in [1.29, 1.82) is 0 Å². The molecule has 5 heteroatoms. The van der Waals surface area contributed by atoms with E-state index >= 15 is 0 Å². The molecule has 0 bridgehead atoms. The average molecular weight is 373 g/mol. The van der Waals surface area contributed by atoms with E-state index in [1.54, 1.807) is 17.0 Å². The minimum atomic E-state index is -0.342. The number of Topliss-reactive ketones (excluding diaryl/α,β-unsaturated/α-hetero) is 1. The Morgan fingerprint density at radius 3 is 2.09 bits per heavy atom. The van der Waals surface area contributed by atoms with Crippen LogP contribution in [0.15, 0.2) is 73.3 Å². The van der Waals surface area contributed by atoms with Crippen LogP contribution < -0.4 is 21.5 Å². The van der Waals surface area contributed by atoms with Gasteiger partial charge in [0.15, 0.2) is 12.4 Å². The summed E-state index contributed by atoms with van der Waals surface area (Å²) in [7, 11) is 0. The van der Waals surface area contributed by atoms with E-state index in [0.717, 1.165) is 11.1 Å². The number of benzene rings is 1. The lowest BCUT2D eigenvalue weighted by Crippen LogP contribution is -3.00. The number of nitrogens with zero attached hydrogens (tertiary/aromatic N) is 2. The molecule has 0 radical (unpaired) electrons. The Balaban J connectivity index is 0.00000192. The largest absolute Gasteiger partial charge is 1.00 e. The Morgan fingerprint density at radius 1 is 0.913 bits per heavy atom. The summed E-state index contributed by atoms with van der Waals surface area (Å²) >= 11 is 0. The van der Waals surface area contributed by atoms with Crippen LogP contribution in [0.3, 0.4) is 0 Å². The molecule has 116 valence electrons. The molecule has 0 saturated heterocycles. The van der Waals surface area contributed by atoms with Crippen LogP contribution >= 0.6 is 0 Å². The highest BCUT2D eigenvalue weighted by atomic mass is 79.9. The van der Waals surface area contributed by atoms with Crippen molar-refractivity contribution in [3.8, 4) is 11.1 Å². The zero-order valence-corrected chi connectivity index (χ0v) is 13.8. The summed E-state index contributed by atoms with van der Waals surface area (Å²) in [5, 5.41) is 0. The molecule has 3 rings (SSSR count). The van der Waals surface area contributed by atoms with Gasteiger partial charge < -0.3 is 17.0 Å². The van der Waals surface area contributed by atoms with E-state index < -0.39 is 0 Å². The van der Waals surface area contributed by atoms with Crippen molar-refractivity contribution in [1.82, 2.24) is 4.98 Å². The predicted molar refractivity (Wildman–Crippen MR) is 80.6 cm³/mol. The average Bonchev–Trinajstić information content (AvgIpc) is 2.57. The van der Waals surface area contributed by atoms with E-state index in [4.69, 9.17) is 0 Å². The smallest absolute Gasteiger partial charge is 0.227 e. The van der Waals surface area contributed by atoms with Gasteiger partial charge >= 0.3 is 0 Å². The molecule has 3 aromatic rings. The molecule has 0 fully saturated rings. The predicted octanol–water partition coefficient (Wildman–Crippen LogP) is 0.0621. The van der Waals surface area contributed by atoms with Crippen LogP contribution in [0.25, 0.3) is 11.1 Å². The number of hydrogen-bond donors (Lipinski definition) is 0. The van der Waals surface area contributed by atoms with E-state index in [1.807, 2.05) is 36.7 Å². The lowest BCUT2D eigenvalue weighted by atomic mass is 10.1. The number of aromatic nitrogens is 2. The van der Waals surface area contributed by atoms with Gasteiger partial charge in [-0.2, -0.15) is 4.57 Å². The zero-order chi connectivity index (χ0) is 15.4. The molecule has 0 amide bonds. The lowest BCUT2D eigenvalue weighted by Gasteiger charge is -2.01. The van der Waals surface area contributed by atoms with Crippen molar-refractivity contribution in [2.75, 3.05) is 0 Å². The summed E-state index contributed by atoms with van der Waals surface area (Å²) in [6.45, 7) is 0.224. The first-order chi connectivity index (χ1) is 10.7. The Hall–Kier alpha value is -2.40. The van der Waals surface area contributed by atoms with Gasteiger partial charge in [-0.25, -0.2) is 4.39 Å². The van der Waals surface area contributed by atoms with Crippen LogP contribution in [-0.4, -0.2) is 10.8 Å². The first kappa shape index (κ1) is 17.0. The minimum Gasteiger partial charge on any atom is -1.00 e. The van der Waals surface area contributed by atoms with Crippen LogP contribution in [0.4, 0.5) is 4.39 Å². The van der Waals surface area contributed by atoms with Gasteiger partial charge in [-0.3, -0.25) is 9.78 Å². The van der Waals surface area contributed by atoms with Gasteiger partial charge in [-0.1, -0.05) is 0 Å². The number of hydrogen-bond acceptors (Lipinski definition) is 2. The Morgan fingerprint density at radius 2 is 1.48 bits per heavy atom. The number of rotatable bonds is 4. The number of carbonyl (C=O) groups excluding carboxylic acids is 1. The summed E-state index contributed by atoms with van der Waals surface area (Å²) in [5.41, 5.74) is 2.65. The summed E-state index contributed by atoms with van der Waals surface area (Å²) in [4.78, 5) is 16.1. The van der Waals surface area contributed by atoms with Gasteiger partial charge in [-0.05, 0) is 47.5 Å². The van der Waals surface area contributed by atoms with E-state index in [-0.39, 0.29) is 35.1 Å². The highest BCUT2D eigenvalue weighted by molar-refractivity contribution is 5.94. The van der Waals surface area contributed by atoms with Gasteiger partial charge in [0, 0.05) is 30.1 Å². The monoisotopic (exact) mass is 372 g/mol. The molecular weight excluding hydrogens is 359 g/mol. The van der Waals surface area contributed by atoms with Gasteiger partial charge in [0.2, 0.25) is 12.3 Å². The van der Waals surface area contributed by atoms with Crippen molar-refractivity contribution < 1.29 is 30.7 Å². The summed E-state index contributed by atoms with van der Waals surface area (Å²) in [6.07, 6.45) is 7.21. The standard InChI is InChI=1S/C18H14FN2O.BrH/c19-17-3-1-16(2-4-17)18(22)13-21-11-7-15(8-12-21)14-5-9-20-10-6-14;/h1-12H,13H2;1H/q+1;/p-1. The molecule has 0 atom stereocenters. The van der Waals surface area contributed by atoms with E-state index in [0.29, 0.717) is 5.56 Å². The molecule has 3 nitrogen and oxygen atoms in total. The van der Waals surface area contributed by atoms with Crippen LogP contribution in [-0.2, 0) is 6.54 Å². The Kier molecular flexibility index (Phi) is 5.71. The van der Waals surface area contributed by atoms with E-state index in [1.165, 1.54) is 24.3 Å². The SMILES string of the molecule is O=C(C[n+]1ccc(-c2ccncc2)cc1)c1ccc(F)cc1.[Br-]. The second kappa shape index (κ2) is 7.74. The molecule has 0 aliphatic rings. The zero-order valence-electron chi connectivity index (χ0n) is 12.2. The lowest BCUT2D eigenvalue weighted by molar-refractivity contribution is -0.683. The number of ketones is 1. The second-order valence-electron chi connectivity index (χ2n) is 4.93. The maximum atomic E-state index is 12.9. The number of halogens is 2. The van der Waals surface area contributed by atoms with Gasteiger partial charge in [0.25, 0.3) is 0 Å². The van der Waals surface area contributed by atoms with Crippen LogP contribution in [0.5, 0.6) is 0 Å². The maximum absolute atomic E-state index is 12.9. The normalized spacial score (nSPS) is 9.96. The van der Waals surface area contributed by atoms with Crippen molar-refractivity contribution in [3.63, 3.8) is 0 Å². The molecule has 23 heavy (non-hydrogen) atoms. The first-order valence-corrected chi connectivity index (χ1v) is 6.91. The fraction of sp³-hybridized carbons (Fsp3) is 0.0556. The molecule has 0 saturated carbocycles. The fourth-order valence-corrected chi connectivity index (χ4v) is 2.19. The first-order valence-electron chi connectivity index (χ1n) is 6.91. The number of pyridine rings is 2. The topological polar surface area (TPSA) is 33.8 Å². The van der Waals surface area contributed by atoms with Crippen molar-refractivity contribution in [2.24, 2.45) is 0 Å². The minimum absolute atomic E-state index is 0. The van der Waals surface area contributed by atoms with E-state index in [2.05, 4.69) is 4.98 Å². The Bertz CT molecular complexity index is 774. The number of carbonyl (C=O) groups is 1. The molecule has 0 spiro atoms. The quantitative estimate of drug-likeness (QED) is 0.479. The summed E-state index contributed by atoms with van der Waals surface area (Å²) < 4.78 is 14.7. The second-order valence-corrected chi connectivity index (χ2v) is 4.93. The van der Waals surface area contributed by atoms with Gasteiger partial charge in [0.1, 0.15) is 5.82 Å². The third kappa shape index (κ3) is 4.29. The fourth-order valence-electron chi connectivity index (χ4n) is 2.19. The third-order valence-corrected chi connectivity index (χ3v) is 3.40. The third-order valence-electron chi connectivity index (χ3n) is 3.40. The summed E-state index contributed by atoms with van der Waals surface area (Å²) in [5.74, 6) is -0.396. The van der Waals surface area contributed by atoms with Gasteiger partial charge in [0.05, 0.1) is 0 Å². The molecule has 2 aromatic heterocycles. The molecule has 0 N–H and O–H groups in total. The molecule has 2 heterocycles. The van der Waals surface area contributed by atoms with Crippen LogP contribution in [0.2, 0.25) is 0 Å². The molecule has 0 aliphatic heterocycles. The van der Waals surface area contributed by atoms with Gasteiger partial charge in [-0.15, -0.1) is 0 Å². The van der Waals surface area contributed by atoms with Crippen LogP contribution in [0.1, 0.15) is 10.4 Å². The Labute approximate surface area is 144 Å². The molecule has 1 aromatic carbocycles. The maximum Gasteiger partial charge on any atom is 0.227 e. The van der Waals surface area contributed by atoms with Crippen LogP contribution in [0, 0.1) is 5.82 Å². The van der Waals surface area contributed by atoms with E-state index in [9.17, 15) is 9.18 Å².